The van der Waals surface area contributed by atoms with E-state index in [0.29, 0.717) is 30.0 Å². The summed E-state index contributed by atoms with van der Waals surface area (Å²) in [5, 5.41) is 13.0. The Hall–Kier alpha value is -1.26. The van der Waals surface area contributed by atoms with Crippen LogP contribution in [0, 0.1) is 0 Å². The Kier molecular flexibility index (Phi) is 5.95. The third-order valence-corrected chi connectivity index (χ3v) is 3.02. The maximum Gasteiger partial charge on any atom is 0.219 e. The number of aliphatic hydroxyl groups is 1. The molecule has 1 aromatic rings. The summed E-state index contributed by atoms with van der Waals surface area (Å²) in [5.74, 6) is 0.563. The van der Waals surface area contributed by atoms with Gasteiger partial charge in [-0.15, -0.1) is 0 Å². The molecule has 0 radical (unpaired) electrons. The first-order valence-corrected chi connectivity index (χ1v) is 6.18. The quantitative estimate of drug-likeness (QED) is 0.835. The second-order valence-electron chi connectivity index (χ2n) is 3.98. The smallest absolute Gasteiger partial charge is 0.219 e. The number of amides is 1. The van der Waals surface area contributed by atoms with E-state index in [1.54, 1.807) is 32.4 Å². The van der Waals surface area contributed by atoms with Gasteiger partial charge in [-0.1, -0.05) is 17.7 Å². The van der Waals surface area contributed by atoms with Gasteiger partial charge in [0.05, 0.1) is 18.2 Å². The number of hydrogen-bond acceptors (Lipinski definition) is 3. The van der Waals surface area contributed by atoms with Crippen LogP contribution in [0.25, 0.3) is 0 Å². The van der Waals surface area contributed by atoms with Crippen LogP contribution in [-0.4, -0.2) is 25.2 Å². The minimum absolute atomic E-state index is 0.0186. The average Bonchev–Trinajstić information content (AvgIpc) is 2.38. The molecular formula is C13H18ClNO3. The molecule has 5 heteroatoms. The Balaban J connectivity index is 2.53. The normalized spacial score (nSPS) is 12.0. The predicted octanol–water partition coefficient (Wildman–Crippen LogP) is 2.30. The van der Waals surface area contributed by atoms with Crippen molar-refractivity contribution in [3.8, 4) is 5.75 Å². The number of halogens is 1. The van der Waals surface area contributed by atoms with Crippen LogP contribution < -0.4 is 10.1 Å². The number of nitrogens with one attached hydrogen (secondary N) is 1. The van der Waals surface area contributed by atoms with E-state index in [2.05, 4.69) is 5.32 Å². The standard InChI is InChI=1S/C13H18ClNO3/c1-15-13(17)5-3-4-11(16)9-6-7-12(18-2)10(14)8-9/h6-8,11,16H,3-5H2,1-2H3,(H,15,17). The van der Waals surface area contributed by atoms with Crippen molar-refractivity contribution in [2.75, 3.05) is 14.2 Å². The van der Waals surface area contributed by atoms with Gasteiger partial charge in [-0.25, -0.2) is 0 Å². The zero-order valence-electron chi connectivity index (χ0n) is 10.6. The summed E-state index contributed by atoms with van der Waals surface area (Å²) in [6.07, 6.45) is 0.955. The zero-order valence-corrected chi connectivity index (χ0v) is 11.3. The van der Waals surface area contributed by atoms with Crippen molar-refractivity contribution in [3.05, 3.63) is 28.8 Å². The Labute approximate surface area is 112 Å². The number of carbonyl (C=O) groups excluding carboxylic acids is 1. The van der Waals surface area contributed by atoms with E-state index < -0.39 is 6.10 Å². The van der Waals surface area contributed by atoms with Crippen LogP contribution in [0.15, 0.2) is 18.2 Å². The highest BCUT2D eigenvalue weighted by Crippen LogP contribution is 2.29. The van der Waals surface area contributed by atoms with Crippen molar-refractivity contribution in [1.82, 2.24) is 5.32 Å². The number of benzene rings is 1. The molecule has 2 N–H and O–H groups in total. The van der Waals surface area contributed by atoms with Crippen molar-refractivity contribution in [2.24, 2.45) is 0 Å². The van der Waals surface area contributed by atoms with E-state index in [1.807, 2.05) is 0 Å². The summed E-state index contributed by atoms with van der Waals surface area (Å²) in [7, 11) is 3.14. The summed E-state index contributed by atoms with van der Waals surface area (Å²) in [5.41, 5.74) is 0.734. The maximum atomic E-state index is 11.0. The van der Waals surface area contributed by atoms with E-state index in [0.717, 1.165) is 5.56 Å². The van der Waals surface area contributed by atoms with E-state index >= 15 is 0 Å². The molecule has 4 nitrogen and oxygen atoms in total. The number of aliphatic hydroxyl groups excluding tert-OH is 1. The van der Waals surface area contributed by atoms with Crippen molar-refractivity contribution in [1.29, 1.82) is 0 Å². The molecule has 100 valence electrons. The average molecular weight is 272 g/mol. The van der Waals surface area contributed by atoms with E-state index in [1.165, 1.54) is 0 Å². The minimum Gasteiger partial charge on any atom is -0.495 e. The third kappa shape index (κ3) is 4.20. The van der Waals surface area contributed by atoms with Crippen LogP contribution >= 0.6 is 11.6 Å². The molecule has 0 fully saturated rings. The summed E-state index contributed by atoms with van der Waals surface area (Å²) in [6, 6.07) is 5.18. The van der Waals surface area contributed by atoms with Crippen LogP contribution in [0.1, 0.15) is 30.9 Å². The molecule has 1 unspecified atom stereocenters. The Morgan fingerprint density at radius 2 is 2.28 bits per heavy atom. The summed E-state index contributed by atoms with van der Waals surface area (Å²) in [4.78, 5) is 11.0. The van der Waals surface area contributed by atoms with Gasteiger partial charge in [0.1, 0.15) is 5.75 Å². The minimum atomic E-state index is -0.613. The lowest BCUT2D eigenvalue weighted by Gasteiger charge is -2.12. The highest BCUT2D eigenvalue weighted by Gasteiger charge is 2.11. The third-order valence-electron chi connectivity index (χ3n) is 2.72. The number of carbonyl (C=O) groups is 1. The van der Waals surface area contributed by atoms with Gasteiger partial charge in [0.25, 0.3) is 0 Å². The zero-order chi connectivity index (χ0) is 13.5. The Morgan fingerprint density at radius 3 is 2.83 bits per heavy atom. The molecule has 0 heterocycles. The molecule has 0 aliphatic carbocycles. The lowest BCUT2D eigenvalue weighted by Crippen LogP contribution is -2.17. The second-order valence-corrected chi connectivity index (χ2v) is 4.38. The van der Waals surface area contributed by atoms with Gasteiger partial charge in [0.2, 0.25) is 5.91 Å². The second kappa shape index (κ2) is 7.24. The fourth-order valence-corrected chi connectivity index (χ4v) is 1.90. The summed E-state index contributed by atoms with van der Waals surface area (Å²) >= 11 is 5.98. The molecule has 0 spiro atoms. The molecule has 0 bridgehead atoms. The van der Waals surface area contributed by atoms with Crippen molar-refractivity contribution in [3.63, 3.8) is 0 Å². The van der Waals surface area contributed by atoms with Crippen molar-refractivity contribution >= 4 is 17.5 Å². The van der Waals surface area contributed by atoms with Gasteiger partial charge in [-0.2, -0.15) is 0 Å². The van der Waals surface area contributed by atoms with Gasteiger partial charge in [-0.3, -0.25) is 4.79 Å². The summed E-state index contributed by atoms with van der Waals surface area (Å²) in [6.45, 7) is 0. The first-order valence-electron chi connectivity index (χ1n) is 5.80. The topological polar surface area (TPSA) is 58.6 Å². The number of rotatable bonds is 6. The van der Waals surface area contributed by atoms with Gasteiger partial charge in [0.15, 0.2) is 0 Å². The molecule has 0 aromatic heterocycles. The highest BCUT2D eigenvalue weighted by molar-refractivity contribution is 6.32. The fourth-order valence-electron chi connectivity index (χ4n) is 1.64. The molecule has 1 rings (SSSR count). The largest absolute Gasteiger partial charge is 0.495 e. The van der Waals surface area contributed by atoms with Gasteiger partial charge < -0.3 is 15.2 Å². The maximum absolute atomic E-state index is 11.0. The van der Waals surface area contributed by atoms with E-state index in [9.17, 15) is 9.90 Å². The first kappa shape index (κ1) is 14.8. The van der Waals surface area contributed by atoms with Crippen molar-refractivity contribution < 1.29 is 14.6 Å². The summed E-state index contributed by atoms with van der Waals surface area (Å²) < 4.78 is 5.04. The van der Waals surface area contributed by atoms with E-state index in [4.69, 9.17) is 16.3 Å². The fraction of sp³-hybridized carbons (Fsp3) is 0.462. The lowest BCUT2D eigenvalue weighted by atomic mass is 10.0. The Morgan fingerprint density at radius 1 is 1.56 bits per heavy atom. The predicted molar refractivity (Wildman–Crippen MR) is 70.9 cm³/mol. The molecule has 1 atom stereocenters. The van der Waals surface area contributed by atoms with Crippen LogP contribution in [0.3, 0.4) is 0 Å². The SMILES string of the molecule is CNC(=O)CCCC(O)c1ccc(OC)c(Cl)c1. The molecule has 0 aliphatic heterocycles. The first-order chi connectivity index (χ1) is 8.58. The van der Waals surface area contributed by atoms with Crippen LogP contribution in [0.5, 0.6) is 5.75 Å². The van der Waals surface area contributed by atoms with E-state index in [-0.39, 0.29) is 5.91 Å². The van der Waals surface area contributed by atoms with Crippen LogP contribution in [-0.2, 0) is 4.79 Å². The van der Waals surface area contributed by atoms with Crippen LogP contribution in [0.4, 0.5) is 0 Å². The molecule has 0 aliphatic rings. The lowest BCUT2D eigenvalue weighted by molar-refractivity contribution is -0.120. The van der Waals surface area contributed by atoms with Gasteiger partial charge in [0, 0.05) is 13.5 Å². The molecule has 0 saturated heterocycles. The van der Waals surface area contributed by atoms with Gasteiger partial charge >= 0.3 is 0 Å². The monoisotopic (exact) mass is 271 g/mol. The molecule has 18 heavy (non-hydrogen) atoms. The number of methoxy groups -OCH3 is 1. The van der Waals surface area contributed by atoms with Crippen molar-refractivity contribution in [2.45, 2.75) is 25.4 Å². The number of ether oxygens (including phenoxy) is 1. The van der Waals surface area contributed by atoms with Gasteiger partial charge in [-0.05, 0) is 30.5 Å². The Bertz CT molecular complexity index is 409. The molecule has 0 saturated carbocycles. The highest BCUT2D eigenvalue weighted by atomic mass is 35.5. The molecule has 1 amide bonds. The molecular weight excluding hydrogens is 254 g/mol. The molecule has 1 aromatic carbocycles. The number of hydrogen-bond donors (Lipinski definition) is 2. The van der Waals surface area contributed by atoms with Crippen LogP contribution in [0.2, 0.25) is 5.02 Å².